The van der Waals surface area contributed by atoms with Gasteiger partial charge in [-0.15, -0.1) is 11.3 Å². The van der Waals surface area contributed by atoms with Crippen LogP contribution in [-0.4, -0.2) is 34.5 Å². The number of pyridine rings is 1. The van der Waals surface area contributed by atoms with E-state index in [1.54, 1.807) is 24.7 Å². The van der Waals surface area contributed by atoms with Crippen molar-refractivity contribution >= 4 is 43.5 Å². The van der Waals surface area contributed by atoms with Gasteiger partial charge in [0.1, 0.15) is 10.5 Å². The Balaban J connectivity index is 1.43. The SMILES string of the molecule is Cn1c2nc(Cc3cc[nH]c(=O)c3)sc2c2cnn(Cc3cccc4[nH]ncc34)c(=O)c21. The summed E-state index contributed by atoms with van der Waals surface area (Å²) in [6, 6.07) is 9.30. The second kappa shape index (κ2) is 6.99. The minimum atomic E-state index is -0.160. The van der Waals surface area contributed by atoms with E-state index in [4.69, 9.17) is 4.98 Å². The number of nitrogens with zero attached hydrogens (tertiary/aromatic N) is 5. The van der Waals surface area contributed by atoms with Crippen molar-refractivity contribution in [3.8, 4) is 0 Å². The van der Waals surface area contributed by atoms with Crippen LogP contribution in [0.4, 0.5) is 0 Å². The topological polar surface area (TPSA) is 114 Å². The van der Waals surface area contributed by atoms with E-state index in [2.05, 4.69) is 20.3 Å². The molecule has 5 heterocycles. The van der Waals surface area contributed by atoms with Crippen molar-refractivity contribution in [3.05, 3.63) is 85.8 Å². The van der Waals surface area contributed by atoms with E-state index in [9.17, 15) is 9.59 Å². The first kappa shape index (κ1) is 18.7. The van der Waals surface area contributed by atoms with Gasteiger partial charge in [-0.1, -0.05) is 12.1 Å². The highest BCUT2D eigenvalue weighted by Crippen LogP contribution is 2.31. The predicted octanol–water partition coefficient (Wildman–Crippen LogP) is 2.55. The summed E-state index contributed by atoms with van der Waals surface area (Å²) in [5.41, 5.74) is 3.82. The lowest BCUT2D eigenvalue weighted by Gasteiger charge is -2.07. The van der Waals surface area contributed by atoms with Crippen LogP contribution in [0.1, 0.15) is 16.1 Å². The Morgan fingerprint density at radius 3 is 2.91 bits per heavy atom. The molecule has 0 spiro atoms. The van der Waals surface area contributed by atoms with E-state index in [1.807, 2.05) is 35.9 Å². The molecule has 32 heavy (non-hydrogen) atoms. The second-order valence-electron chi connectivity index (χ2n) is 7.68. The Hall–Kier alpha value is -4.05. The highest BCUT2D eigenvalue weighted by Gasteiger charge is 2.19. The molecular weight excluding hydrogens is 426 g/mol. The van der Waals surface area contributed by atoms with Gasteiger partial charge in [-0.2, -0.15) is 10.2 Å². The highest BCUT2D eigenvalue weighted by molar-refractivity contribution is 7.19. The van der Waals surface area contributed by atoms with Gasteiger partial charge in [-0.05, 0) is 23.3 Å². The van der Waals surface area contributed by atoms with Crippen molar-refractivity contribution in [2.75, 3.05) is 0 Å². The number of aryl methyl sites for hydroxylation is 1. The average molecular weight is 443 g/mol. The molecule has 0 aliphatic rings. The molecule has 6 rings (SSSR count). The number of aromatic amines is 2. The molecule has 0 atom stereocenters. The van der Waals surface area contributed by atoms with Crippen LogP contribution in [0.5, 0.6) is 0 Å². The van der Waals surface area contributed by atoms with Gasteiger partial charge in [0.05, 0.1) is 29.2 Å². The molecule has 5 aromatic heterocycles. The minimum absolute atomic E-state index is 0.134. The molecule has 0 amide bonds. The first-order valence-electron chi connectivity index (χ1n) is 10.0. The molecule has 0 aliphatic heterocycles. The van der Waals surface area contributed by atoms with Crippen LogP contribution < -0.4 is 11.1 Å². The third kappa shape index (κ3) is 2.88. The molecule has 0 radical (unpaired) electrons. The van der Waals surface area contributed by atoms with Crippen LogP contribution in [-0.2, 0) is 20.0 Å². The van der Waals surface area contributed by atoms with Crippen LogP contribution >= 0.6 is 11.3 Å². The van der Waals surface area contributed by atoms with Crippen molar-refractivity contribution in [1.29, 1.82) is 0 Å². The number of aromatic nitrogens is 7. The Labute approximate surface area is 184 Å². The number of fused-ring (bicyclic) bond motifs is 4. The summed E-state index contributed by atoms with van der Waals surface area (Å²) in [5.74, 6) is 0. The van der Waals surface area contributed by atoms with Gasteiger partial charge >= 0.3 is 0 Å². The number of thiazole rings is 1. The van der Waals surface area contributed by atoms with Gasteiger partial charge in [-0.25, -0.2) is 9.67 Å². The third-order valence-electron chi connectivity index (χ3n) is 5.66. The molecule has 0 bridgehead atoms. The molecule has 0 fully saturated rings. The van der Waals surface area contributed by atoms with Crippen molar-refractivity contribution in [3.63, 3.8) is 0 Å². The maximum absolute atomic E-state index is 13.3. The summed E-state index contributed by atoms with van der Waals surface area (Å²) < 4.78 is 4.24. The standard InChI is InChI=1S/C22H17N7O2S/c1-28-19-15(20-21(28)26-18(32-20)8-12-5-6-23-17(30)7-12)10-25-29(22(19)31)11-13-3-2-4-16-14(13)9-24-27-16/h2-7,9-10H,8,11H2,1H3,(H,23,30)(H,24,27). The monoisotopic (exact) mass is 443 g/mol. The summed E-state index contributed by atoms with van der Waals surface area (Å²) in [6.07, 6.45) is 5.70. The summed E-state index contributed by atoms with van der Waals surface area (Å²) in [7, 11) is 1.85. The number of hydrogen-bond donors (Lipinski definition) is 2. The summed E-state index contributed by atoms with van der Waals surface area (Å²) >= 11 is 1.53. The van der Waals surface area contributed by atoms with Gasteiger partial charge in [0.15, 0.2) is 5.65 Å². The van der Waals surface area contributed by atoms with E-state index < -0.39 is 0 Å². The average Bonchev–Trinajstić information content (AvgIpc) is 3.47. The molecule has 0 unspecified atom stereocenters. The van der Waals surface area contributed by atoms with Crippen LogP contribution in [0.15, 0.2) is 58.5 Å². The van der Waals surface area contributed by atoms with Crippen molar-refractivity contribution in [2.45, 2.75) is 13.0 Å². The second-order valence-corrected chi connectivity index (χ2v) is 8.76. The van der Waals surface area contributed by atoms with E-state index >= 15 is 0 Å². The number of hydrogen-bond acceptors (Lipinski definition) is 6. The van der Waals surface area contributed by atoms with Crippen LogP contribution in [0.25, 0.3) is 32.2 Å². The molecule has 0 saturated heterocycles. The lowest BCUT2D eigenvalue weighted by molar-refractivity contribution is 0.647. The van der Waals surface area contributed by atoms with Crippen LogP contribution in [0, 0.1) is 0 Å². The quantitative estimate of drug-likeness (QED) is 0.435. The highest BCUT2D eigenvalue weighted by atomic mass is 32.1. The van der Waals surface area contributed by atoms with Crippen molar-refractivity contribution in [2.24, 2.45) is 7.05 Å². The fourth-order valence-corrected chi connectivity index (χ4v) is 5.26. The van der Waals surface area contributed by atoms with Crippen molar-refractivity contribution < 1.29 is 0 Å². The number of benzene rings is 1. The van der Waals surface area contributed by atoms with Gasteiger partial charge in [0.2, 0.25) is 5.56 Å². The number of H-pyrrole nitrogens is 2. The van der Waals surface area contributed by atoms with E-state index in [0.717, 1.165) is 42.8 Å². The van der Waals surface area contributed by atoms with Gasteiger partial charge < -0.3 is 9.55 Å². The van der Waals surface area contributed by atoms with Crippen molar-refractivity contribution in [1.82, 2.24) is 34.5 Å². The molecule has 1 aromatic carbocycles. The smallest absolute Gasteiger partial charge is 0.291 e. The lowest BCUT2D eigenvalue weighted by atomic mass is 10.1. The van der Waals surface area contributed by atoms with Crippen LogP contribution in [0.2, 0.25) is 0 Å². The molecular formula is C22H17N7O2S. The van der Waals surface area contributed by atoms with Gasteiger partial charge in [0.25, 0.3) is 5.56 Å². The van der Waals surface area contributed by atoms with Crippen LogP contribution in [0.3, 0.4) is 0 Å². The normalized spacial score (nSPS) is 11.8. The minimum Gasteiger partial charge on any atom is -0.329 e. The summed E-state index contributed by atoms with van der Waals surface area (Å²) in [4.78, 5) is 32.2. The maximum Gasteiger partial charge on any atom is 0.291 e. The fraction of sp³-hybridized carbons (Fsp3) is 0.136. The van der Waals surface area contributed by atoms with Gasteiger partial charge in [-0.3, -0.25) is 14.7 Å². The maximum atomic E-state index is 13.3. The number of rotatable bonds is 4. The van der Waals surface area contributed by atoms with Gasteiger partial charge in [0, 0.05) is 36.5 Å². The Kier molecular flexibility index (Phi) is 4.08. The fourth-order valence-electron chi connectivity index (χ4n) is 4.12. The summed E-state index contributed by atoms with van der Waals surface area (Å²) in [5, 5.41) is 14.1. The zero-order valence-electron chi connectivity index (χ0n) is 17.0. The summed E-state index contributed by atoms with van der Waals surface area (Å²) in [6.45, 7) is 0.353. The molecule has 2 N–H and O–H groups in total. The first-order chi connectivity index (χ1) is 15.6. The van der Waals surface area contributed by atoms with E-state index in [1.165, 1.54) is 16.0 Å². The lowest BCUT2D eigenvalue weighted by Crippen LogP contribution is -2.24. The third-order valence-corrected chi connectivity index (χ3v) is 6.74. The Bertz CT molecular complexity index is 1750. The molecule has 158 valence electrons. The zero-order valence-corrected chi connectivity index (χ0v) is 17.8. The molecule has 10 heteroatoms. The number of nitrogens with one attached hydrogen (secondary N) is 2. The molecule has 6 aromatic rings. The largest absolute Gasteiger partial charge is 0.329 e. The zero-order chi connectivity index (χ0) is 21.8. The first-order valence-corrected chi connectivity index (χ1v) is 10.8. The molecule has 9 nitrogen and oxygen atoms in total. The van der Waals surface area contributed by atoms with E-state index in [-0.39, 0.29) is 11.1 Å². The molecule has 0 saturated carbocycles. The molecule has 0 aliphatic carbocycles. The Morgan fingerprint density at radius 2 is 2.03 bits per heavy atom. The van der Waals surface area contributed by atoms with E-state index in [0.29, 0.717) is 18.5 Å². The predicted molar refractivity (Wildman–Crippen MR) is 123 cm³/mol. The Morgan fingerprint density at radius 1 is 1.12 bits per heavy atom.